The molecule has 2 atom stereocenters. The summed E-state index contributed by atoms with van der Waals surface area (Å²) < 4.78 is 5.79. The molecule has 1 aromatic carbocycles. The van der Waals surface area contributed by atoms with Crippen molar-refractivity contribution in [3.05, 3.63) is 35.9 Å². The number of carbonyl (C=O) groups is 1. The molecule has 1 saturated carbocycles. The molecule has 1 saturated heterocycles. The summed E-state index contributed by atoms with van der Waals surface area (Å²) in [5.41, 5.74) is 1.04. The molecule has 2 unspecified atom stereocenters. The molecule has 2 N–H and O–H groups in total. The van der Waals surface area contributed by atoms with E-state index >= 15 is 0 Å². The third kappa shape index (κ3) is 3.63. The van der Waals surface area contributed by atoms with Crippen molar-refractivity contribution in [1.82, 2.24) is 10.2 Å². The molecule has 0 radical (unpaired) electrons. The van der Waals surface area contributed by atoms with Crippen molar-refractivity contribution in [2.24, 2.45) is 5.41 Å². The van der Waals surface area contributed by atoms with E-state index in [4.69, 9.17) is 4.74 Å². The van der Waals surface area contributed by atoms with E-state index in [1.54, 1.807) is 0 Å². The fraction of sp³-hybridized carbons (Fsp3) is 0.632. The van der Waals surface area contributed by atoms with Crippen LogP contribution >= 0.6 is 0 Å². The fourth-order valence-electron chi connectivity index (χ4n) is 4.00. The van der Waals surface area contributed by atoms with Crippen molar-refractivity contribution in [1.29, 1.82) is 0 Å². The van der Waals surface area contributed by atoms with Crippen LogP contribution in [0, 0.1) is 5.41 Å². The van der Waals surface area contributed by atoms with Crippen LogP contribution in [0.4, 0.5) is 0 Å². The number of aliphatic hydroxyl groups excluding tert-OH is 1. The number of hydrogen-bond acceptors (Lipinski definition) is 4. The number of carbonyl (C=O) groups excluding carboxylic acids is 1. The first-order valence-electron chi connectivity index (χ1n) is 8.96. The van der Waals surface area contributed by atoms with E-state index in [0.717, 1.165) is 37.9 Å². The average molecular weight is 332 g/mol. The number of nitrogens with one attached hydrogen (secondary N) is 1. The van der Waals surface area contributed by atoms with Gasteiger partial charge in [0.05, 0.1) is 18.8 Å². The number of aliphatic hydroxyl groups is 1. The lowest BCUT2D eigenvalue weighted by Crippen LogP contribution is -2.62. The molecule has 1 aliphatic carbocycles. The van der Waals surface area contributed by atoms with Crippen LogP contribution in [0.5, 0.6) is 0 Å². The number of nitrogens with zero attached hydrogens (tertiary/aromatic N) is 1. The summed E-state index contributed by atoms with van der Waals surface area (Å²) in [5.74, 6) is 0.0605. The molecule has 1 aromatic rings. The number of hydrogen-bond donors (Lipinski definition) is 2. The predicted molar refractivity (Wildman–Crippen MR) is 92.4 cm³/mol. The Balaban J connectivity index is 1.43. The van der Waals surface area contributed by atoms with Gasteiger partial charge in [0, 0.05) is 25.0 Å². The van der Waals surface area contributed by atoms with Gasteiger partial charge in [0.15, 0.2) is 0 Å². The van der Waals surface area contributed by atoms with Crippen molar-refractivity contribution in [3.8, 4) is 0 Å². The van der Waals surface area contributed by atoms with Crippen molar-refractivity contribution in [2.45, 2.75) is 44.9 Å². The maximum absolute atomic E-state index is 12.1. The summed E-state index contributed by atoms with van der Waals surface area (Å²) in [5, 5.41) is 13.2. The highest BCUT2D eigenvalue weighted by Crippen LogP contribution is 2.50. The highest BCUT2D eigenvalue weighted by Gasteiger charge is 2.55. The molecule has 1 spiro atoms. The minimum Gasteiger partial charge on any atom is -0.392 e. The minimum atomic E-state index is -0.247. The molecule has 0 aromatic heterocycles. The van der Waals surface area contributed by atoms with Crippen LogP contribution in [0.3, 0.4) is 0 Å². The molecule has 1 amide bonds. The van der Waals surface area contributed by atoms with Gasteiger partial charge in [0.25, 0.3) is 0 Å². The Morgan fingerprint density at radius 1 is 1.33 bits per heavy atom. The fourth-order valence-corrected chi connectivity index (χ4v) is 4.00. The van der Waals surface area contributed by atoms with Gasteiger partial charge in [0.2, 0.25) is 5.91 Å². The number of rotatable bonds is 6. The topological polar surface area (TPSA) is 61.8 Å². The molecule has 3 rings (SSSR count). The Bertz CT molecular complexity index is 539. The van der Waals surface area contributed by atoms with Crippen molar-refractivity contribution in [2.75, 3.05) is 26.2 Å². The molecule has 2 fully saturated rings. The van der Waals surface area contributed by atoms with E-state index < -0.39 is 0 Å². The third-order valence-electron chi connectivity index (χ3n) is 5.60. The zero-order valence-corrected chi connectivity index (χ0v) is 14.4. The molecular weight excluding hydrogens is 304 g/mol. The highest BCUT2D eigenvalue weighted by molar-refractivity contribution is 5.78. The number of ether oxygens (including phenoxy) is 1. The van der Waals surface area contributed by atoms with Gasteiger partial charge in [-0.05, 0) is 38.4 Å². The van der Waals surface area contributed by atoms with Gasteiger partial charge >= 0.3 is 0 Å². The van der Waals surface area contributed by atoms with Crippen molar-refractivity contribution >= 4 is 5.91 Å². The van der Waals surface area contributed by atoms with E-state index in [1.807, 2.05) is 37.3 Å². The number of benzene rings is 1. The minimum absolute atomic E-state index is 0.0605. The van der Waals surface area contributed by atoms with E-state index in [9.17, 15) is 9.90 Å². The van der Waals surface area contributed by atoms with Crippen molar-refractivity contribution < 1.29 is 14.6 Å². The number of amides is 1. The Labute approximate surface area is 144 Å². The summed E-state index contributed by atoms with van der Waals surface area (Å²) in [4.78, 5) is 14.3. The van der Waals surface area contributed by atoms with Crippen molar-refractivity contribution in [3.63, 3.8) is 0 Å². The molecule has 5 heteroatoms. The molecule has 1 aliphatic heterocycles. The number of piperidine rings is 1. The Kier molecular flexibility index (Phi) is 5.54. The summed E-state index contributed by atoms with van der Waals surface area (Å²) >= 11 is 0. The maximum Gasteiger partial charge on any atom is 0.234 e. The SMILES string of the molecule is CCOC1CC(O)C12CCN(CC(=O)NCc1ccccc1)CC2. The second-order valence-corrected chi connectivity index (χ2v) is 6.97. The lowest BCUT2D eigenvalue weighted by atomic mass is 9.58. The quantitative estimate of drug-likeness (QED) is 0.830. The lowest BCUT2D eigenvalue weighted by molar-refractivity contribution is -0.209. The van der Waals surface area contributed by atoms with E-state index in [0.29, 0.717) is 19.7 Å². The van der Waals surface area contributed by atoms with Gasteiger partial charge < -0.3 is 15.2 Å². The van der Waals surface area contributed by atoms with Gasteiger partial charge in [-0.3, -0.25) is 9.69 Å². The summed E-state index contributed by atoms with van der Waals surface area (Å²) in [6.45, 7) is 5.40. The summed E-state index contributed by atoms with van der Waals surface area (Å²) in [7, 11) is 0. The van der Waals surface area contributed by atoms with E-state index in [2.05, 4.69) is 10.2 Å². The average Bonchev–Trinajstić information content (AvgIpc) is 2.61. The molecule has 132 valence electrons. The van der Waals surface area contributed by atoms with Crippen LogP contribution in [-0.4, -0.2) is 54.4 Å². The van der Waals surface area contributed by atoms with Gasteiger partial charge in [-0.25, -0.2) is 0 Å². The highest BCUT2D eigenvalue weighted by atomic mass is 16.5. The molecule has 5 nitrogen and oxygen atoms in total. The first-order valence-corrected chi connectivity index (χ1v) is 8.96. The largest absolute Gasteiger partial charge is 0.392 e. The van der Waals surface area contributed by atoms with Crippen LogP contribution in [0.2, 0.25) is 0 Å². The molecule has 0 bridgehead atoms. The summed E-state index contributed by atoms with van der Waals surface area (Å²) in [6, 6.07) is 9.95. The van der Waals surface area contributed by atoms with E-state index in [-0.39, 0.29) is 23.5 Å². The van der Waals surface area contributed by atoms with Crippen LogP contribution in [0.15, 0.2) is 30.3 Å². The maximum atomic E-state index is 12.1. The first kappa shape index (κ1) is 17.4. The van der Waals surface area contributed by atoms with Crippen LogP contribution in [-0.2, 0) is 16.1 Å². The zero-order chi connectivity index (χ0) is 17.0. The monoisotopic (exact) mass is 332 g/mol. The Morgan fingerprint density at radius 3 is 2.67 bits per heavy atom. The number of likely N-dealkylation sites (tertiary alicyclic amines) is 1. The van der Waals surface area contributed by atoms with Gasteiger partial charge in [-0.1, -0.05) is 30.3 Å². The van der Waals surface area contributed by atoms with E-state index in [1.165, 1.54) is 0 Å². The standard InChI is InChI=1S/C19H28N2O3/c1-2-24-17-12-16(22)19(17)8-10-21(11-9-19)14-18(23)20-13-15-6-4-3-5-7-15/h3-7,16-17,22H,2,8-14H2,1H3,(H,20,23). The molecule has 1 heterocycles. The van der Waals surface area contributed by atoms with Gasteiger partial charge in [-0.15, -0.1) is 0 Å². The Morgan fingerprint density at radius 2 is 2.04 bits per heavy atom. The normalized spacial score (nSPS) is 26.1. The first-order chi connectivity index (χ1) is 11.6. The molecule has 24 heavy (non-hydrogen) atoms. The second kappa shape index (κ2) is 7.64. The second-order valence-electron chi connectivity index (χ2n) is 6.97. The zero-order valence-electron chi connectivity index (χ0n) is 14.4. The summed E-state index contributed by atoms with van der Waals surface area (Å²) in [6.07, 6.45) is 2.51. The smallest absolute Gasteiger partial charge is 0.234 e. The third-order valence-corrected chi connectivity index (χ3v) is 5.60. The Hall–Kier alpha value is -1.43. The predicted octanol–water partition coefficient (Wildman–Crippen LogP) is 1.55. The molecule has 2 aliphatic rings. The molecular formula is C19H28N2O3. The lowest BCUT2D eigenvalue weighted by Gasteiger charge is -2.56. The van der Waals surface area contributed by atoms with Gasteiger partial charge in [-0.2, -0.15) is 0 Å². The van der Waals surface area contributed by atoms with Crippen LogP contribution in [0.1, 0.15) is 31.7 Å². The van der Waals surface area contributed by atoms with Crippen LogP contribution < -0.4 is 5.32 Å². The van der Waals surface area contributed by atoms with Crippen LogP contribution in [0.25, 0.3) is 0 Å². The van der Waals surface area contributed by atoms with Gasteiger partial charge in [0.1, 0.15) is 0 Å².